The molecule has 0 bridgehead atoms. The summed E-state index contributed by atoms with van der Waals surface area (Å²) < 4.78 is 1.61. The molecule has 0 aliphatic carbocycles. The van der Waals surface area contributed by atoms with E-state index in [2.05, 4.69) is 20.2 Å². The van der Waals surface area contributed by atoms with Crippen molar-refractivity contribution in [2.75, 3.05) is 13.1 Å². The van der Waals surface area contributed by atoms with Gasteiger partial charge in [0, 0.05) is 32.0 Å². The summed E-state index contributed by atoms with van der Waals surface area (Å²) in [5.74, 6) is -1.06. The maximum atomic E-state index is 10.7. The smallest absolute Gasteiger partial charge is 0.358 e. The van der Waals surface area contributed by atoms with Gasteiger partial charge in [0.05, 0.1) is 17.3 Å². The van der Waals surface area contributed by atoms with Crippen LogP contribution in [0.25, 0.3) is 0 Å². The van der Waals surface area contributed by atoms with Gasteiger partial charge in [-0.05, 0) is 11.6 Å². The van der Waals surface area contributed by atoms with Gasteiger partial charge >= 0.3 is 5.97 Å². The first-order valence-electron chi connectivity index (χ1n) is 6.09. The van der Waals surface area contributed by atoms with E-state index in [1.807, 2.05) is 6.07 Å². The molecular weight excluding hydrogens is 282 g/mol. The fraction of sp³-hybridized carbons (Fsp3) is 0.333. The maximum absolute atomic E-state index is 10.7. The molecule has 0 aromatic carbocycles. The summed E-state index contributed by atoms with van der Waals surface area (Å²) in [5, 5.41) is 16.9. The molecule has 1 aliphatic rings. The summed E-state index contributed by atoms with van der Waals surface area (Å²) in [6, 6.07) is 2.06. The molecule has 3 heterocycles. The number of hydrogen-bond acceptors (Lipinski definition) is 5. The monoisotopic (exact) mass is 293 g/mol. The number of carboxylic acid groups (broad SMARTS) is 1. The topological polar surface area (TPSA) is 84.1 Å². The summed E-state index contributed by atoms with van der Waals surface area (Å²) in [6.45, 7) is 2.33. The number of halogens is 1. The SMILES string of the molecule is O=C(O)c1cn(C2CN(Cc3ccncc3Cl)C2)nn1. The van der Waals surface area contributed by atoms with Crippen LogP contribution in [0, 0.1) is 0 Å². The fourth-order valence-electron chi connectivity index (χ4n) is 2.17. The minimum Gasteiger partial charge on any atom is -0.476 e. The molecule has 8 heteroatoms. The molecule has 0 radical (unpaired) electrons. The van der Waals surface area contributed by atoms with Crippen LogP contribution in [-0.2, 0) is 6.54 Å². The van der Waals surface area contributed by atoms with Crippen molar-refractivity contribution in [3.05, 3.63) is 40.9 Å². The second-order valence-corrected chi connectivity index (χ2v) is 5.11. The predicted octanol–water partition coefficient (Wildman–Crippen LogP) is 1.08. The van der Waals surface area contributed by atoms with E-state index < -0.39 is 5.97 Å². The summed E-state index contributed by atoms with van der Waals surface area (Å²) in [7, 11) is 0. The number of carbonyl (C=O) groups is 1. The van der Waals surface area contributed by atoms with Crippen LogP contribution >= 0.6 is 11.6 Å². The molecule has 7 nitrogen and oxygen atoms in total. The molecule has 1 aliphatic heterocycles. The Morgan fingerprint density at radius 1 is 1.50 bits per heavy atom. The second kappa shape index (κ2) is 5.18. The van der Waals surface area contributed by atoms with Crippen LogP contribution in [0.2, 0.25) is 5.02 Å². The van der Waals surface area contributed by atoms with Gasteiger partial charge in [-0.1, -0.05) is 16.8 Å². The molecule has 1 N–H and O–H groups in total. The Morgan fingerprint density at radius 3 is 2.95 bits per heavy atom. The lowest BCUT2D eigenvalue weighted by Crippen LogP contribution is -2.47. The Bertz CT molecular complexity index is 638. The standard InChI is InChI=1S/C12H12ClN5O2/c13-10-3-14-2-1-8(10)4-17-5-9(6-17)18-7-11(12(19)20)15-16-18/h1-3,7,9H,4-6H2,(H,19,20). The van der Waals surface area contributed by atoms with E-state index in [-0.39, 0.29) is 11.7 Å². The molecule has 2 aromatic rings. The van der Waals surface area contributed by atoms with Gasteiger partial charge < -0.3 is 5.11 Å². The minimum atomic E-state index is -1.06. The van der Waals surface area contributed by atoms with Crippen LogP contribution in [0.1, 0.15) is 22.1 Å². The van der Waals surface area contributed by atoms with Crippen molar-refractivity contribution in [1.82, 2.24) is 24.9 Å². The van der Waals surface area contributed by atoms with Crippen molar-refractivity contribution in [2.24, 2.45) is 0 Å². The van der Waals surface area contributed by atoms with Gasteiger partial charge in [0.1, 0.15) is 0 Å². The number of nitrogens with zero attached hydrogens (tertiary/aromatic N) is 5. The molecular formula is C12H12ClN5O2. The zero-order valence-corrected chi connectivity index (χ0v) is 11.2. The maximum Gasteiger partial charge on any atom is 0.358 e. The van der Waals surface area contributed by atoms with Gasteiger partial charge in [-0.2, -0.15) is 0 Å². The third-order valence-electron chi connectivity index (χ3n) is 3.29. The van der Waals surface area contributed by atoms with Crippen LogP contribution in [-0.4, -0.2) is 49.0 Å². The fourth-order valence-corrected chi connectivity index (χ4v) is 2.34. The summed E-state index contributed by atoms with van der Waals surface area (Å²) in [6.07, 6.45) is 4.81. The van der Waals surface area contributed by atoms with Gasteiger partial charge in [0.15, 0.2) is 5.69 Å². The van der Waals surface area contributed by atoms with Crippen molar-refractivity contribution in [3.63, 3.8) is 0 Å². The molecule has 0 saturated carbocycles. The highest BCUT2D eigenvalue weighted by Crippen LogP contribution is 2.24. The average Bonchev–Trinajstić information content (AvgIpc) is 2.84. The predicted molar refractivity (Wildman–Crippen MR) is 70.5 cm³/mol. The van der Waals surface area contributed by atoms with Gasteiger partial charge in [-0.3, -0.25) is 9.88 Å². The van der Waals surface area contributed by atoms with Crippen molar-refractivity contribution >= 4 is 17.6 Å². The summed E-state index contributed by atoms with van der Waals surface area (Å²) >= 11 is 6.06. The van der Waals surface area contributed by atoms with E-state index in [9.17, 15) is 4.79 Å². The summed E-state index contributed by atoms with van der Waals surface area (Å²) in [5.41, 5.74) is 1.01. The number of rotatable bonds is 4. The van der Waals surface area contributed by atoms with E-state index in [0.29, 0.717) is 5.02 Å². The van der Waals surface area contributed by atoms with Gasteiger partial charge in [-0.25, -0.2) is 9.48 Å². The number of likely N-dealkylation sites (tertiary alicyclic amines) is 1. The zero-order valence-electron chi connectivity index (χ0n) is 10.5. The number of hydrogen-bond donors (Lipinski definition) is 1. The molecule has 1 saturated heterocycles. The van der Waals surface area contributed by atoms with E-state index in [1.54, 1.807) is 17.1 Å². The first kappa shape index (κ1) is 13.0. The van der Waals surface area contributed by atoms with Gasteiger partial charge in [0.2, 0.25) is 0 Å². The minimum absolute atomic E-state index is 0.0272. The number of aromatic nitrogens is 4. The Hall–Kier alpha value is -1.99. The number of carboxylic acids is 1. The second-order valence-electron chi connectivity index (χ2n) is 4.70. The lowest BCUT2D eigenvalue weighted by atomic mass is 10.1. The first-order chi connectivity index (χ1) is 9.63. The zero-order chi connectivity index (χ0) is 14.1. The first-order valence-corrected chi connectivity index (χ1v) is 6.47. The Labute approximate surface area is 119 Å². The Kier molecular flexibility index (Phi) is 3.37. The third kappa shape index (κ3) is 2.50. The van der Waals surface area contributed by atoms with Crippen LogP contribution in [0.5, 0.6) is 0 Å². The molecule has 0 atom stereocenters. The van der Waals surface area contributed by atoms with Crippen LogP contribution < -0.4 is 0 Å². The largest absolute Gasteiger partial charge is 0.476 e. The molecule has 3 rings (SSSR count). The molecule has 1 fully saturated rings. The Balaban J connectivity index is 1.58. The van der Waals surface area contributed by atoms with Crippen LogP contribution in [0.3, 0.4) is 0 Å². The summed E-state index contributed by atoms with van der Waals surface area (Å²) in [4.78, 5) is 16.9. The number of pyridine rings is 1. The van der Waals surface area contributed by atoms with E-state index in [0.717, 1.165) is 25.2 Å². The molecule has 0 unspecified atom stereocenters. The van der Waals surface area contributed by atoms with Gasteiger partial charge in [0.25, 0.3) is 0 Å². The highest BCUT2D eigenvalue weighted by molar-refractivity contribution is 6.31. The highest BCUT2D eigenvalue weighted by Gasteiger charge is 2.29. The third-order valence-corrected chi connectivity index (χ3v) is 3.63. The van der Waals surface area contributed by atoms with Crippen molar-refractivity contribution in [1.29, 1.82) is 0 Å². The average molecular weight is 294 g/mol. The van der Waals surface area contributed by atoms with E-state index in [1.165, 1.54) is 6.20 Å². The van der Waals surface area contributed by atoms with E-state index >= 15 is 0 Å². The molecule has 2 aromatic heterocycles. The Morgan fingerprint density at radius 2 is 2.30 bits per heavy atom. The molecule has 104 valence electrons. The van der Waals surface area contributed by atoms with Crippen molar-refractivity contribution in [2.45, 2.75) is 12.6 Å². The van der Waals surface area contributed by atoms with Crippen molar-refractivity contribution in [3.8, 4) is 0 Å². The van der Waals surface area contributed by atoms with Crippen molar-refractivity contribution < 1.29 is 9.90 Å². The molecule has 0 spiro atoms. The molecule has 20 heavy (non-hydrogen) atoms. The van der Waals surface area contributed by atoms with E-state index in [4.69, 9.17) is 16.7 Å². The lowest BCUT2D eigenvalue weighted by molar-refractivity contribution is 0.0690. The van der Waals surface area contributed by atoms with Crippen LogP contribution in [0.15, 0.2) is 24.7 Å². The van der Waals surface area contributed by atoms with Crippen LogP contribution in [0.4, 0.5) is 0 Å². The quantitative estimate of drug-likeness (QED) is 0.908. The normalized spacial score (nSPS) is 16.1. The van der Waals surface area contributed by atoms with Gasteiger partial charge in [-0.15, -0.1) is 5.10 Å². The number of aromatic carboxylic acids is 1. The molecule has 0 amide bonds. The highest BCUT2D eigenvalue weighted by atomic mass is 35.5. The lowest BCUT2D eigenvalue weighted by Gasteiger charge is -2.38.